The summed E-state index contributed by atoms with van der Waals surface area (Å²) >= 11 is 0. The van der Waals surface area contributed by atoms with Crippen molar-refractivity contribution < 1.29 is 24.6 Å². The molecule has 0 radical (unpaired) electrons. The number of carbonyl (C=O) groups excluding carboxylic acids is 1. The molecule has 0 fully saturated rings. The lowest BCUT2D eigenvalue weighted by Gasteiger charge is -2.05. The van der Waals surface area contributed by atoms with Gasteiger partial charge in [-0.25, -0.2) is 0 Å². The molecule has 0 aliphatic rings. The van der Waals surface area contributed by atoms with Gasteiger partial charge in [-0.1, -0.05) is 12.2 Å². The number of aliphatic carboxylic acids is 2. The summed E-state index contributed by atoms with van der Waals surface area (Å²) < 4.78 is 0. The highest BCUT2D eigenvalue weighted by Crippen LogP contribution is 2.10. The van der Waals surface area contributed by atoms with Crippen molar-refractivity contribution in [1.82, 2.24) is 0 Å². The zero-order valence-electron chi connectivity index (χ0n) is 7.55. The number of allylic oxidation sites excluding steroid dienone is 2. The molecule has 0 aromatic carbocycles. The predicted molar refractivity (Wildman–Crippen MR) is 47.8 cm³/mol. The molecule has 5 nitrogen and oxygen atoms in total. The van der Waals surface area contributed by atoms with E-state index in [1.54, 1.807) is 0 Å². The Morgan fingerprint density at radius 3 is 2.00 bits per heavy atom. The molecule has 0 spiro atoms. The van der Waals surface area contributed by atoms with Crippen LogP contribution in [0.5, 0.6) is 0 Å². The Hall–Kier alpha value is -1.65. The van der Waals surface area contributed by atoms with Crippen LogP contribution in [0.2, 0.25) is 0 Å². The summed E-state index contributed by atoms with van der Waals surface area (Å²) in [5.74, 6) is -2.65. The van der Waals surface area contributed by atoms with Gasteiger partial charge < -0.3 is 15.0 Å². The molecule has 0 aliphatic carbocycles. The number of rotatable bonds is 7. The van der Waals surface area contributed by atoms with Crippen molar-refractivity contribution in [2.24, 2.45) is 5.92 Å². The Morgan fingerprint density at radius 1 is 1.14 bits per heavy atom. The lowest BCUT2D eigenvalue weighted by molar-refractivity contribution is -0.139. The highest BCUT2D eigenvalue weighted by atomic mass is 16.4. The van der Waals surface area contributed by atoms with Gasteiger partial charge in [0.25, 0.3) is 0 Å². The van der Waals surface area contributed by atoms with E-state index in [0.29, 0.717) is 6.29 Å². The highest BCUT2D eigenvalue weighted by molar-refractivity contribution is 5.71. The largest absolute Gasteiger partial charge is 0.481 e. The average Bonchev–Trinajstić information content (AvgIpc) is 2.02. The highest BCUT2D eigenvalue weighted by Gasteiger charge is 2.13. The maximum atomic E-state index is 10.3. The topological polar surface area (TPSA) is 91.7 Å². The van der Waals surface area contributed by atoms with Gasteiger partial charge in [-0.15, -0.1) is 0 Å². The SMILES string of the molecule is O=CCC=CC(CC(=O)O)CC(=O)O. The van der Waals surface area contributed by atoms with E-state index < -0.39 is 17.9 Å². The van der Waals surface area contributed by atoms with Gasteiger partial charge in [0.05, 0.1) is 12.8 Å². The number of carbonyl (C=O) groups is 3. The number of hydrogen-bond donors (Lipinski definition) is 2. The third-order valence-electron chi connectivity index (χ3n) is 1.51. The smallest absolute Gasteiger partial charge is 0.303 e. The van der Waals surface area contributed by atoms with Crippen LogP contribution in [0.3, 0.4) is 0 Å². The van der Waals surface area contributed by atoms with Crippen molar-refractivity contribution in [2.45, 2.75) is 19.3 Å². The summed E-state index contributed by atoms with van der Waals surface area (Å²) in [6, 6.07) is 0. The van der Waals surface area contributed by atoms with E-state index in [9.17, 15) is 14.4 Å². The molecule has 0 amide bonds. The molecular formula is C9H12O5. The van der Waals surface area contributed by atoms with E-state index in [-0.39, 0.29) is 19.3 Å². The monoisotopic (exact) mass is 200 g/mol. The lowest BCUT2D eigenvalue weighted by Crippen LogP contribution is -2.10. The van der Waals surface area contributed by atoms with E-state index in [1.165, 1.54) is 12.2 Å². The summed E-state index contributed by atoms with van der Waals surface area (Å²) in [6.45, 7) is 0. The molecule has 0 rings (SSSR count). The Bertz CT molecular complexity index is 228. The summed E-state index contributed by atoms with van der Waals surface area (Å²) in [5, 5.41) is 16.9. The fourth-order valence-electron chi connectivity index (χ4n) is 0.983. The predicted octanol–water partition coefficient (Wildman–Crippen LogP) is 0.697. The van der Waals surface area contributed by atoms with Gasteiger partial charge in [0.1, 0.15) is 6.29 Å². The number of hydrogen-bond acceptors (Lipinski definition) is 3. The minimum Gasteiger partial charge on any atom is -0.481 e. The Balaban J connectivity index is 4.15. The van der Waals surface area contributed by atoms with E-state index in [2.05, 4.69) is 0 Å². The molecule has 0 saturated heterocycles. The molecule has 78 valence electrons. The van der Waals surface area contributed by atoms with Gasteiger partial charge in [-0.05, 0) is 5.92 Å². The molecular weight excluding hydrogens is 188 g/mol. The van der Waals surface area contributed by atoms with Crippen LogP contribution < -0.4 is 0 Å². The van der Waals surface area contributed by atoms with E-state index in [4.69, 9.17) is 10.2 Å². The summed E-state index contributed by atoms with van der Waals surface area (Å²) in [7, 11) is 0. The quantitative estimate of drug-likeness (QED) is 0.466. The first-order valence-corrected chi connectivity index (χ1v) is 4.10. The molecule has 0 unspecified atom stereocenters. The molecule has 0 saturated carbocycles. The van der Waals surface area contributed by atoms with Gasteiger partial charge in [0.15, 0.2) is 0 Å². The molecule has 0 heterocycles. The second-order valence-electron chi connectivity index (χ2n) is 2.79. The van der Waals surface area contributed by atoms with Gasteiger partial charge in [-0.2, -0.15) is 0 Å². The molecule has 14 heavy (non-hydrogen) atoms. The lowest BCUT2D eigenvalue weighted by atomic mass is 10.0. The fourth-order valence-corrected chi connectivity index (χ4v) is 0.983. The first kappa shape index (κ1) is 12.3. The molecule has 0 aliphatic heterocycles. The van der Waals surface area contributed by atoms with E-state index >= 15 is 0 Å². The molecule has 2 N–H and O–H groups in total. The Morgan fingerprint density at radius 2 is 1.64 bits per heavy atom. The average molecular weight is 200 g/mol. The normalized spacial score (nSPS) is 10.6. The van der Waals surface area contributed by atoms with Gasteiger partial charge in [0.2, 0.25) is 0 Å². The molecule has 0 bridgehead atoms. The molecule has 0 atom stereocenters. The van der Waals surface area contributed by atoms with Gasteiger partial charge in [0, 0.05) is 6.42 Å². The van der Waals surface area contributed by atoms with Crippen LogP contribution in [0.15, 0.2) is 12.2 Å². The van der Waals surface area contributed by atoms with Crippen LogP contribution in [0.4, 0.5) is 0 Å². The van der Waals surface area contributed by atoms with Crippen molar-refractivity contribution in [3.05, 3.63) is 12.2 Å². The van der Waals surface area contributed by atoms with Crippen LogP contribution in [-0.2, 0) is 14.4 Å². The standard InChI is InChI=1S/C9H12O5/c10-4-2-1-3-7(5-8(11)12)6-9(13)14/h1,3-4,7H,2,5-6H2,(H,11,12)(H,13,14). The summed E-state index contributed by atoms with van der Waals surface area (Å²) in [5.41, 5.74) is 0. The first-order chi connectivity index (χ1) is 6.56. The summed E-state index contributed by atoms with van der Waals surface area (Å²) in [4.78, 5) is 30.6. The second-order valence-corrected chi connectivity index (χ2v) is 2.79. The van der Waals surface area contributed by atoms with Crippen molar-refractivity contribution in [3.63, 3.8) is 0 Å². The van der Waals surface area contributed by atoms with Crippen molar-refractivity contribution in [3.8, 4) is 0 Å². The van der Waals surface area contributed by atoms with Crippen LogP contribution in [-0.4, -0.2) is 28.4 Å². The van der Waals surface area contributed by atoms with E-state index in [1.807, 2.05) is 0 Å². The minimum atomic E-state index is -1.05. The molecule has 5 heteroatoms. The van der Waals surface area contributed by atoms with Crippen LogP contribution in [0.1, 0.15) is 19.3 Å². The molecule has 0 aromatic rings. The first-order valence-electron chi connectivity index (χ1n) is 4.10. The van der Waals surface area contributed by atoms with Crippen molar-refractivity contribution in [2.75, 3.05) is 0 Å². The second kappa shape index (κ2) is 6.82. The Labute approximate surface area is 81.0 Å². The van der Waals surface area contributed by atoms with Crippen molar-refractivity contribution in [1.29, 1.82) is 0 Å². The van der Waals surface area contributed by atoms with Gasteiger partial charge in [-0.3, -0.25) is 9.59 Å². The fraction of sp³-hybridized carbons (Fsp3) is 0.444. The third-order valence-corrected chi connectivity index (χ3v) is 1.51. The Kier molecular flexibility index (Phi) is 6.02. The van der Waals surface area contributed by atoms with E-state index in [0.717, 1.165) is 0 Å². The van der Waals surface area contributed by atoms with Crippen molar-refractivity contribution >= 4 is 18.2 Å². The minimum absolute atomic E-state index is 0.176. The zero-order valence-corrected chi connectivity index (χ0v) is 7.55. The maximum Gasteiger partial charge on any atom is 0.303 e. The van der Waals surface area contributed by atoms with Crippen LogP contribution in [0, 0.1) is 5.92 Å². The number of carboxylic acids is 2. The third kappa shape index (κ3) is 7.02. The summed E-state index contributed by atoms with van der Waals surface area (Å²) in [6.07, 6.45) is 3.30. The molecule has 0 aromatic heterocycles. The van der Waals surface area contributed by atoms with Gasteiger partial charge >= 0.3 is 11.9 Å². The van der Waals surface area contributed by atoms with Crippen LogP contribution in [0.25, 0.3) is 0 Å². The number of carboxylic acid groups (broad SMARTS) is 2. The maximum absolute atomic E-state index is 10.3. The number of aldehydes is 1. The zero-order chi connectivity index (χ0) is 11.0. The van der Waals surface area contributed by atoms with Crippen LogP contribution >= 0.6 is 0 Å².